The number of carbonyl (C=O) groups is 1. The Morgan fingerprint density at radius 3 is 2.55 bits per heavy atom. The Morgan fingerprint density at radius 1 is 1.18 bits per heavy atom. The van der Waals surface area contributed by atoms with E-state index in [4.69, 9.17) is 4.74 Å². The van der Waals surface area contributed by atoms with Crippen molar-refractivity contribution < 1.29 is 9.53 Å². The van der Waals surface area contributed by atoms with Crippen molar-refractivity contribution in [3.8, 4) is 0 Å². The van der Waals surface area contributed by atoms with Crippen molar-refractivity contribution in [3.63, 3.8) is 0 Å². The zero-order chi connectivity index (χ0) is 15.7. The lowest BCUT2D eigenvalue weighted by molar-refractivity contribution is -0.164. The van der Waals surface area contributed by atoms with Crippen LogP contribution in [0.25, 0.3) is 0 Å². The van der Waals surface area contributed by atoms with Gasteiger partial charge in [-0.1, -0.05) is 57.5 Å². The number of rotatable bonds is 4. The Bertz CT molecular complexity index is 513. The lowest BCUT2D eigenvalue weighted by atomic mass is 9.75. The van der Waals surface area contributed by atoms with Crippen molar-refractivity contribution in [2.75, 3.05) is 0 Å². The van der Waals surface area contributed by atoms with Crippen LogP contribution in [0, 0.1) is 17.8 Å². The topological polar surface area (TPSA) is 38.3 Å². The van der Waals surface area contributed by atoms with Crippen LogP contribution in [0.15, 0.2) is 30.3 Å². The van der Waals surface area contributed by atoms with Gasteiger partial charge in [-0.3, -0.25) is 4.79 Å². The van der Waals surface area contributed by atoms with Gasteiger partial charge in [0.15, 0.2) is 6.10 Å². The summed E-state index contributed by atoms with van der Waals surface area (Å²) in [6.45, 7) is 6.83. The Morgan fingerprint density at radius 2 is 1.91 bits per heavy atom. The van der Waals surface area contributed by atoms with Crippen LogP contribution < -0.4 is 5.32 Å². The van der Waals surface area contributed by atoms with E-state index in [0.717, 1.165) is 12.0 Å². The lowest BCUT2D eigenvalue weighted by Crippen LogP contribution is -2.59. The molecule has 22 heavy (non-hydrogen) atoms. The van der Waals surface area contributed by atoms with E-state index in [1.165, 1.54) is 12.8 Å². The molecule has 0 radical (unpaired) electrons. The van der Waals surface area contributed by atoms with E-state index in [1.54, 1.807) is 0 Å². The predicted octanol–water partition coefficient (Wildman–Crippen LogP) is 3.70. The molecule has 1 aliphatic heterocycles. The molecular formula is C19H27NO2. The lowest BCUT2D eigenvalue weighted by Gasteiger charge is -2.44. The number of β-lactam (4-membered cyclic amide) rings is 1. The van der Waals surface area contributed by atoms with Crippen LogP contribution in [0.4, 0.5) is 0 Å². The molecule has 1 N–H and O–H groups in total. The molecule has 0 bridgehead atoms. The fourth-order valence-electron chi connectivity index (χ4n) is 3.88. The second kappa shape index (κ2) is 6.41. The van der Waals surface area contributed by atoms with E-state index < -0.39 is 0 Å². The molecule has 0 spiro atoms. The molecule has 1 heterocycles. The fraction of sp³-hybridized carbons (Fsp3) is 0.632. The first-order chi connectivity index (χ1) is 10.6. The van der Waals surface area contributed by atoms with Crippen molar-refractivity contribution >= 4 is 5.91 Å². The molecule has 3 nitrogen and oxygen atoms in total. The Kier molecular flexibility index (Phi) is 4.53. The van der Waals surface area contributed by atoms with Crippen LogP contribution in [0.1, 0.15) is 51.6 Å². The van der Waals surface area contributed by atoms with Crippen molar-refractivity contribution in [3.05, 3.63) is 35.9 Å². The summed E-state index contributed by atoms with van der Waals surface area (Å²) in [5.74, 6) is 1.91. The summed E-state index contributed by atoms with van der Waals surface area (Å²) in [6, 6.07) is 10.1. The summed E-state index contributed by atoms with van der Waals surface area (Å²) in [7, 11) is 0. The van der Waals surface area contributed by atoms with E-state index >= 15 is 0 Å². The van der Waals surface area contributed by atoms with E-state index in [-0.39, 0.29) is 24.2 Å². The maximum atomic E-state index is 12.0. The fourth-order valence-corrected chi connectivity index (χ4v) is 3.88. The molecule has 2 fully saturated rings. The number of nitrogens with one attached hydrogen (secondary N) is 1. The van der Waals surface area contributed by atoms with Crippen LogP contribution in [-0.2, 0) is 9.53 Å². The van der Waals surface area contributed by atoms with E-state index in [0.29, 0.717) is 17.8 Å². The number of amides is 1. The quantitative estimate of drug-likeness (QED) is 0.861. The number of ether oxygens (including phenoxy) is 1. The highest BCUT2D eigenvalue weighted by Gasteiger charge is 2.44. The Hall–Kier alpha value is -1.35. The molecule has 1 saturated carbocycles. The number of benzene rings is 1. The van der Waals surface area contributed by atoms with Crippen LogP contribution >= 0.6 is 0 Å². The first-order valence-electron chi connectivity index (χ1n) is 8.57. The average molecular weight is 301 g/mol. The molecule has 3 rings (SSSR count). The average Bonchev–Trinajstić information content (AvgIpc) is 2.51. The van der Waals surface area contributed by atoms with E-state index in [2.05, 4.69) is 38.2 Å². The molecule has 120 valence electrons. The summed E-state index contributed by atoms with van der Waals surface area (Å²) < 4.78 is 6.34. The molecule has 0 unspecified atom stereocenters. The summed E-state index contributed by atoms with van der Waals surface area (Å²) >= 11 is 0. The van der Waals surface area contributed by atoms with Gasteiger partial charge in [-0.15, -0.1) is 0 Å². The van der Waals surface area contributed by atoms with Crippen LogP contribution in [0.2, 0.25) is 0 Å². The summed E-state index contributed by atoms with van der Waals surface area (Å²) in [6.07, 6.45) is 3.47. The zero-order valence-corrected chi connectivity index (χ0v) is 13.8. The van der Waals surface area contributed by atoms with Gasteiger partial charge in [0.05, 0.1) is 12.1 Å². The highest BCUT2D eigenvalue weighted by Crippen LogP contribution is 2.38. The van der Waals surface area contributed by atoms with Crippen LogP contribution in [0.5, 0.6) is 0 Å². The molecular weight excluding hydrogens is 274 g/mol. The van der Waals surface area contributed by atoms with Gasteiger partial charge in [-0.2, -0.15) is 0 Å². The van der Waals surface area contributed by atoms with Gasteiger partial charge in [0.2, 0.25) is 0 Å². The molecule has 1 saturated heterocycles. The second-order valence-electron chi connectivity index (χ2n) is 7.32. The minimum absolute atomic E-state index is 0.0127. The van der Waals surface area contributed by atoms with Gasteiger partial charge in [0.1, 0.15) is 0 Å². The van der Waals surface area contributed by atoms with Gasteiger partial charge >= 0.3 is 0 Å². The Balaban J connectivity index is 1.71. The largest absolute Gasteiger partial charge is 0.362 e. The van der Waals surface area contributed by atoms with Crippen molar-refractivity contribution in [2.24, 2.45) is 17.8 Å². The zero-order valence-electron chi connectivity index (χ0n) is 13.8. The molecule has 1 aromatic carbocycles. The molecule has 3 heteroatoms. The number of hydrogen-bond donors (Lipinski definition) is 1. The first kappa shape index (κ1) is 15.5. The van der Waals surface area contributed by atoms with Gasteiger partial charge < -0.3 is 10.1 Å². The third kappa shape index (κ3) is 3.05. The number of carbonyl (C=O) groups excluding carboxylic acids is 1. The van der Waals surface area contributed by atoms with Crippen molar-refractivity contribution in [1.82, 2.24) is 5.32 Å². The predicted molar refractivity (Wildman–Crippen MR) is 87.3 cm³/mol. The first-order valence-corrected chi connectivity index (χ1v) is 8.57. The van der Waals surface area contributed by atoms with E-state index in [9.17, 15) is 4.79 Å². The molecule has 1 aromatic rings. The second-order valence-corrected chi connectivity index (χ2v) is 7.32. The van der Waals surface area contributed by atoms with Crippen molar-refractivity contribution in [1.29, 1.82) is 0 Å². The minimum Gasteiger partial charge on any atom is -0.362 e. The van der Waals surface area contributed by atoms with Gasteiger partial charge in [-0.05, 0) is 36.2 Å². The Labute approximate surface area is 133 Å². The van der Waals surface area contributed by atoms with Gasteiger partial charge in [-0.25, -0.2) is 0 Å². The van der Waals surface area contributed by atoms with Crippen molar-refractivity contribution in [2.45, 2.75) is 58.3 Å². The SMILES string of the molecule is CC(C)[C@@H]1CC[C@@H](C)C[C@H]1O[C@@H]1C(=O)N[C@@H]1c1ccccc1. The summed E-state index contributed by atoms with van der Waals surface area (Å²) in [5, 5.41) is 2.99. The number of hydrogen-bond acceptors (Lipinski definition) is 2. The molecule has 2 aliphatic rings. The van der Waals surface area contributed by atoms with Crippen LogP contribution in [-0.4, -0.2) is 18.1 Å². The smallest absolute Gasteiger partial charge is 0.252 e. The maximum absolute atomic E-state index is 12.0. The molecule has 1 aliphatic carbocycles. The standard InChI is InChI=1S/C19H27NO2/c1-12(2)15-10-9-13(3)11-16(15)22-18-17(20-19(18)21)14-7-5-4-6-8-14/h4-8,12-13,15-18H,9-11H2,1-3H3,(H,20,21)/t13-,15+,16-,17-,18+/m1/s1. The molecule has 5 atom stereocenters. The van der Waals surface area contributed by atoms with Gasteiger partial charge in [0, 0.05) is 0 Å². The summed E-state index contributed by atoms with van der Waals surface area (Å²) in [4.78, 5) is 12.0. The normalized spacial score (nSPS) is 35.1. The molecule has 1 amide bonds. The maximum Gasteiger partial charge on any atom is 0.252 e. The van der Waals surface area contributed by atoms with E-state index in [1.807, 2.05) is 18.2 Å². The monoisotopic (exact) mass is 301 g/mol. The molecule has 0 aromatic heterocycles. The summed E-state index contributed by atoms with van der Waals surface area (Å²) in [5.41, 5.74) is 1.14. The third-order valence-corrected chi connectivity index (χ3v) is 5.30. The highest BCUT2D eigenvalue weighted by atomic mass is 16.5. The van der Waals surface area contributed by atoms with Gasteiger partial charge in [0.25, 0.3) is 5.91 Å². The highest BCUT2D eigenvalue weighted by molar-refractivity contribution is 5.88. The van der Waals surface area contributed by atoms with Crippen LogP contribution in [0.3, 0.4) is 0 Å². The minimum atomic E-state index is -0.320. The third-order valence-electron chi connectivity index (χ3n) is 5.30.